The number of hydrogen-bond acceptors (Lipinski definition) is 3. The van der Waals surface area contributed by atoms with Gasteiger partial charge in [-0.25, -0.2) is 4.98 Å². The molecule has 94 valence electrons. The molecule has 3 nitrogen and oxygen atoms in total. The number of thiazole rings is 1. The van der Waals surface area contributed by atoms with Crippen LogP contribution in [-0.4, -0.2) is 10.9 Å². The molecule has 1 heterocycles. The van der Waals surface area contributed by atoms with Gasteiger partial charge in [0.25, 0.3) is 0 Å². The molecule has 1 fully saturated rings. The summed E-state index contributed by atoms with van der Waals surface area (Å²) in [5, 5.41) is 5.56. The Hall–Kier alpha value is -0.900. The fraction of sp³-hybridized carbons (Fsp3) is 0.692. The van der Waals surface area contributed by atoms with E-state index in [1.54, 1.807) is 0 Å². The van der Waals surface area contributed by atoms with Gasteiger partial charge in [-0.15, -0.1) is 11.3 Å². The second-order valence-electron chi connectivity index (χ2n) is 4.88. The lowest BCUT2D eigenvalue weighted by Gasteiger charge is -2.20. The van der Waals surface area contributed by atoms with Crippen LogP contribution in [0.25, 0.3) is 0 Å². The molecule has 0 atom stereocenters. The number of hydrogen-bond donors (Lipinski definition) is 1. The third-order valence-corrected chi connectivity index (χ3v) is 4.25. The van der Waals surface area contributed by atoms with Gasteiger partial charge >= 0.3 is 0 Å². The fourth-order valence-corrected chi connectivity index (χ4v) is 3.11. The first kappa shape index (κ1) is 12.6. The second-order valence-corrected chi connectivity index (χ2v) is 5.74. The van der Waals surface area contributed by atoms with E-state index in [4.69, 9.17) is 0 Å². The number of aromatic nitrogens is 1. The van der Waals surface area contributed by atoms with E-state index in [9.17, 15) is 4.79 Å². The SMILES string of the molecule is Cc1csc(NC(=O)CCC2CCCCC2)n1. The molecule has 4 heteroatoms. The van der Waals surface area contributed by atoms with Crippen LogP contribution in [-0.2, 0) is 4.79 Å². The van der Waals surface area contributed by atoms with Crippen LogP contribution < -0.4 is 5.32 Å². The van der Waals surface area contributed by atoms with Crippen molar-refractivity contribution in [3.63, 3.8) is 0 Å². The number of nitrogens with one attached hydrogen (secondary N) is 1. The van der Waals surface area contributed by atoms with Crippen molar-refractivity contribution in [1.29, 1.82) is 0 Å². The molecule has 0 aromatic carbocycles. The first-order valence-corrected chi connectivity index (χ1v) is 7.34. The molecule has 1 aliphatic carbocycles. The third-order valence-electron chi connectivity index (χ3n) is 3.37. The van der Waals surface area contributed by atoms with E-state index in [1.807, 2.05) is 12.3 Å². The summed E-state index contributed by atoms with van der Waals surface area (Å²) in [7, 11) is 0. The van der Waals surface area contributed by atoms with Crippen molar-refractivity contribution in [2.24, 2.45) is 5.92 Å². The summed E-state index contributed by atoms with van der Waals surface area (Å²) in [6, 6.07) is 0. The van der Waals surface area contributed by atoms with E-state index in [2.05, 4.69) is 10.3 Å². The molecule has 2 rings (SSSR count). The van der Waals surface area contributed by atoms with Gasteiger partial charge in [0, 0.05) is 11.8 Å². The van der Waals surface area contributed by atoms with Gasteiger partial charge in [0.1, 0.15) is 0 Å². The van der Waals surface area contributed by atoms with E-state index in [0.717, 1.165) is 23.2 Å². The smallest absolute Gasteiger partial charge is 0.226 e. The average Bonchev–Trinajstić information content (AvgIpc) is 2.73. The first-order valence-electron chi connectivity index (χ1n) is 6.46. The standard InChI is InChI=1S/C13H20N2OS/c1-10-9-17-13(14-10)15-12(16)8-7-11-5-3-2-4-6-11/h9,11H,2-8H2,1H3,(H,14,15,16). The van der Waals surface area contributed by atoms with Gasteiger partial charge in [0.05, 0.1) is 5.69 Å². The fourth-order valence-electron chi connectivity index (χ4n) is 2.40. The minimum Gasteiger partial charge on any atom is -0.302 e. The van der Waals surface area contributed by atoms with Gasteiger partial charge in [-0.1, -0.05) is 32.1 Å². The molecule has 1 saturated carbocycles. The van der Waals surface area contributed by atoms with E-state index >= 15 is 0 Å². The summed E-state index contributed by atoms with van der Waals surface area (Å²) >= 11 is 1.50. The highest BCUT2D eigenvalue weighted by Gasteiger charge is 2.15. The van der Waals surface area contributed by atoms with Crippen molar-refractivity contribution in [2.75, 3.05) is 5.32 Å². The molecular weight excluding hydrogens is 232 g/mol. The maximum Gasteiger partial charge on any atom is 0.226 e. The van der Waals surface area contributed by atoms with Gasteiger partial charge < -0.3 is 5.32 Å². The Morgan fingerprint density at radius 1 is 1.47 bits per heavy atom. The Morgan fingerprint density at radius 3 is 2.88 bits per heavy atom. The van der Waals surface area contributed by atoms with Crippen molar-refractivity contribution in [2.45, 2.75) is 51.9 Å². The van der Waals surface area contributed by atoms with Gasteiger partial charge in [0.15, 0.2) is 5.13 Å². The number of anilines is 1. The Balaban J connectivity index is 1.70. The number of aryl methyl sites for hydroxylation is 1. The number of carbonyl (C=O) groups is 1. The molecule has 1 amide bonds. The predicted octanol–water partition coefficient (Wildman–Crippen LogP) is 3.75. The van der Waals surface area contributed by atoms with Crippen LogP contribution in [0, 0.1) is 12.8 Å². The maximum absolute atomic E-state index is 11.7. The van der Waals surface area contributed by atoms with Crippen molar-refractivity contribution < 1.29 is 4.79 Å². The Bertz CT molecular complexity index is 369. The summed E-state index contributed by atoms with van der Waals surface area (Å²) in [6.45, 7) is 1.94. The minimum atomic E-state index is 0.116. The molecule has 0 unspecified atom stereocenters. The number of rotatable bonds is 4. The van der Waals surface area contributed by atoms with Crippen LogP contribution in [0.5, 0.6) is 0 Å². The lowest BCUT2D eigenvalue weighted by molar-refractivity contribution is -0.116. The largest absolute Gasteiger partial charge is 0.302 e. The molecule has 1 N–H and O–H groups in total. The van der Waals surface area contributed by atoms with Crippen LogP contribution in [0.3, 0.4) is 0 Å². The second kappa shape index (κ2) is 6.15. The van der Waals surface area contributed by atoms with E-state index in [0.29, 0.717) is 6.42 Å². The quantitative estimate of drug-likeness (QED) is 0.886. The zero-order chi connectivity index (χ0) is 12.1. The summed E-state index contributed by atoms with van der Waals surface area (Å²) in [5.41, 5.74) is 0.970. The molecule has 17 heavy (non-hydrogen) atoms. The Labute approximate surface area is 107 Å². The first-order chi connectivity index (χ1) is 8.24. The summed E-state index contributed by atoms with van der Waals surface area (Å²) < 4.78 is 0. The van der Waals surface area contributed by atoms with Crippen LogP contribution >= 0.6 is 11.3 Å². The van der Waals surface area contributed by atoms with Crippen LogP contribution in [0.15, 0.2) is 5.38 Å². The Morgan fingerprint density at radius 2 is 2.24 bits per heavy atom. The summed E-state index contributed by atoms with van der Waals surface area (Å²) in [6.07, 6.45) is 8.36. The molecule has 0 saturated heterocycles. The van der Waals surface area contributed by atoms with Crippen LogP contribution in [0.2, 0.25) is 0 Å². The van der Waals surface area contributed by atoms with E-state index in [1.165, 1.54) is 43.4 Å². The molecule has 1 aromatic rings. The molecule has 0 bridgehead atoms. The van der Waals surface area contributed by atoms with Crippen molar-refractivity contribution in [3.05, 3.63) is 11.1 Å². The minimum absolute atomic E-state index is 0.116. The number of amides is 1. The number of carbonyl (C=O) groups excluding carboxylic acids is 1. The molecule has 0 radical (unpaired) electrons. The van der Waals surface area contributed by atoms with Gasteiger partial charge in [-0.05, 0) is 19.3 Å². The highest BCUT2D eigenvalue weighted by atomic mass is 32.1. The molecule has 0 spiro atoms. The lowest BCUT2D eigenvalue weighted by atomic mass is 9.86. The predicted molar refractivity (Wildman–Crippen MR) is 71.3 cm³/mol. The lowest BCUT2D eigenvalue weighted by Crippen LogP contribution is -2.14. The van der Waals surface area contributed by atoms with Crippen molar-refractivity contribution in [1.82, 2.24) is 4.98 Å². The molecule has 1 aliphatic rings. The van der Waals surface area contributed by atoms with Gasteiger partial charge in [0.2, 0.25) is 5.91 Å². The molecule has 1 aromatic heterocycles. The van der Waals surface area contributed by atoms with Gasteiger partial charge in [-0.3, -0.25) is 4.79 Å². The highest BCUT2D eigenvalue weighted by Crippen LogP contribution is 2.27. The van der Waals surface area contributed by atoms with E-state index < -0.39 is 0 Å². The Kier molecular flexibility index (Phi) is 4.54. The highest BCUT2D eigenvalue weighted by molar-refractivity contribution is 7.13. The van der Waals surface area contributed by atoms with Crippen molar-refractivity contribution >= 4 is 22.4 Å². The maximum atomic E-state index is 11.7. The van der Waals surface area contributed by atoms with Gasteiger partial charge in [-0.2, -0.15) is 0 Å². The van der Waals surface area contributed by atoms with E-state index in [-0.39, 0.29) is 5.91 Å². The zero-order valence-electron chi connectivity index (χ0n) is 10.4. The van der Waals surface area contributed by atoms with Crippen LogP contribution in [0.1, 0.15) is 50.6 Å². The number of nitrogens with zero attached hydrogens (tertiary/aromatic N) is 1. The summed E-state index contributed by atoms with van der Waals surface area (Å²) in [4.78, 5) is 16.0. The molecular formula is C13H20N2OS. The summed E-state index contributed by atoms with van der Waals surface area (Å²) in [5.74, 6) is 0.887. The normalized spacial score (nSPS) is 17.0. The van der Waals surface area contributed by atoms with Crippen molar-refractivity contribution in [3.8, 4) is 0 Å². The monoisotopic (exact) mass is 252 g/mol. The van der Waals surface area contributed by atoms with Crippen LogP contribution in [0.4, 0.5) is 5.13 Å². The molecule has 0 aliphatic heterocycles. The average molecular weight is 252 g/mol. The zero-order valence-corrected chi connectivity index (χ0v) is 11.2. The topological polar surface area (TPSA) is 42.0 Å². The third kappa shape index (κ3) is 4.11.